The third-order valence-corrected chi connectivity index (χ3v) is 6.70. The van der Waals surface area contributed by atoms with E-state index in [1.807, 2.05) is 19.1 Å². The number of ether oxygens (including phenoxy) is 4. The summed E-state index contributed by atoms with van der Waals surface area (Å²) in [5, 5.41) is 2.76. The number of rotatable bonds is 8. The molecule has 0 aromatic heterocycles. The van der Waals surface area contributed by atoms with E-state index >= 15 is 0 Å². The second-order valence-corrected chi connectivity index (χ2v) is 9.06. The summed E-state index contributed by atoms with van der Waals surface area (Å²) in [5.41, 5.74) is 2.74. The van der Waals surface area contributed by atoms with Crippen molar-refractivity contribution in [2.75, 3.05) is 20.3 Å². The van der Waals surface area contributed by atoms with E-state index in [1.165, 1.54) is 13.2 Å². The molecule has 1 aliphatic heterocycles. The van der Waals surface area contributed by atoms with Gasteiger partial charge in [-0.25, -0.2) is 4.39 Å². The van der Waals surface area contributed by atoms with Crippen molar-refractivity contribution in [3.8, 4) is 23.0 Å². The number of carbonyl (C=O) groups excluding carboxylic acids is 2. The lowest BCUT2D eigenvalue weighted by Crippen LogP contribution is -2.22. The standard InChI is InChI=1S/C29H28FNO6/c1-3-31-29(33)17-4-6-19(7-5-17)36-24-13-11-23(30)28-22(24)10-12-25(28)37-20-8-9-21-18(14-27(32)34-2)16-35-26(21)15-20/h4-9,11,13,15,18,25H,3,10,12,14,16H2,1-2H3,(H,31,33)/t18-,25?/m0/s1. The van der Waals surface area contributed by atoms with E-state index in [2.05, 4.69) is 5.32 Å². The molecule has 1 N–H and O–H groups in total. The number of halogens is 1. The summed E-state index contributed by atoms with van der Waals surface area (Å²) in [7, 11) is 1.37. The van der Waals surface area contributed by atoms with Crippen LogP contribution in [0.15, 0.2) is 54.6 Å². The van der Waals surface area contributed by atoms with Gasteiger partial charge >= 0.3 is 5.97 Å². The van der Waals surface area contributed by atoms with Gasteiger partial charge in [0.15, 0.2) is 0 Å². The number of esters is 1. The summed E-state index contributed by atoms with van der Waals surface area (Å²) < 4.78 is 37.8. The third-order valence-electron chi connectivity index (χ3n) is 6.70. The molecule has 7 nitrogen and oxygen atoms in total. The average Bonchev–Trinajstić information content (AvgIpc) is 3.51. The Labute approximate surface area is 214 Å². The molecule has 2 aliphatic rings. The average molecular weight is 506 g/mol. The van der Waals surface area contributed by atoms with Gasteiger partial charge in [0.1, 0.15) is 34.9 Å². The van der Waals surface area contributed by atoms with Crippen LogP contribution in [-0.2, 0) is 16.0 Å². The molecule has 3 aromatic rings. The number of carbonyl (C=O) groups is 2. The second kappa shape index (κ2) is 10.5. The first kappa shape index (κ1) is 24.6. The Balaban J connectivity index is 1.31. The second-order valence-electron chi connectivity index (χ2n) is 9.06. The maximum atomic E-state index is 15.0. The minimum Gasteiger partial charge on any atom is -0.492 e. The molecule has 37 heavy (non-hydrogen) atoms. The summed E-state index contributed by atoms with van der Waals surface area (Å²) in [6.45, 7) is 2.82. The summed E-state index contributed by atoms with van der Waals surface area (Å²) in [5.74, 6) is 1.53. The molecule has 2 atom stereocenters. The van der Waals surface area contributed by atoms with E-state index < -0.39 is 6.10 Å². The van der Waals surface area contributed by atoms with E-state index in [9.17, 15) is 14.0 Å². The van der Waals surface area contributed by atoms with E-state index in [-0.39, 0.29) is 30.0 Å². The number of amides is 1. The van der Waals surface area contributed by atoms with Crippen LogP contribution in [0.2, 0.25) is 0 Å². The molecule has 0 radical (unpaired) electrons. The van der Waals surface area contributed by atoms with Crippen molar-refractivity contribution in [3.63, 3.8) is 0 Å². The number of hydrogen-bond acceptors (Lipinski definition) is 6. The smallest absolute Gasteiger partial charge is 0.306 e. The largest absolute Gasteiger partial charge is 0.492 e. The molecule has 1 amide bonds. The van der Waals surface area contributed by atoms with Gasteiger partial charge in [0, 0.05) is 40.8 Å². The quantitative estimate of drug-likeness (QED) is 0.409. The molecule has 0 spiro atoms. The number of fused-ring (bicyclic) bond motifs is 2. The predicted molar refractivity (Wildman–Crippen MR) is 134 cm³/mol. The maximum absolute atomic E-state index is 15.0. The highest BCUT2D eigenvalue weighted by molar-refractivity contribution is 5.94. The van der Waals surface area contributed by atoms with Gasteiger partial charge in [-0.3, -0.25) is 9.59 Å². The zero-order valence-corrected chi connectivity index (χ0v) is 20.7. The molecule has 3 aromatic carbocycles. The van der Waals surface area contributed by atoms with Crippen LogP contribution in [0, 0.1) is 5.82 Å². The fourth-order valence-electron chi connectivity index (χ4n) is 4.87. The summed E-state index contributed by atoms with van der Waals surface area (Å²) >= 11 is 0. The lowest BCUT2D eigenvalue weighted by Gasteiger charge is -2.17. The van der Waals surface area contributed by atoms with Crippen molar-refractivity contribution in [2.45, 2.75) is 38.2 Å². The number of methoxy groups -OCH3 is 1. The Kier molecular flexibility index (Phi) is 6.99. The Bertz CT molecular complexity index is 1320. The number of nitrogens with one attached hydrogen (secondary N) is 1. The minimum atomic E-state index is -0.469. The molecule has 0 saturated carbocycles. The monoisotopic (exact) mass is 505 g/mol. The SMILES string of the molecule is CCNC(=O)c1ccc(Oc2ccc(F)c3c2CCC3Oc2ccc3c(c2)OC[C@@H]3CC(=O)OC)cc1. The highest BCUT2D eigenvalue weighted by Gasteiger charge is 2.32. The normalized spacial score (nSPS) is 17.4. The van der Waals surface area contributed by atoms with Gasteiger partial charge in [0.05, 0.1) is 20.1 Å². The van der Waals surface area contributed by atoms with Crippen LogP contribution in [0.25, 0.3) is 0 Å². The molecule has 192 valence electrons. The van der Waals surface area contributed by atoms with Gasteiger partial charge in [-0.05, 0) is 62.2 Å². The van der Waals surface area contributed by atoms with Crippen molar-refractivity contribution < 1.29 is 32.9 Å². The molecule has 1 unspecified atom stereocenters. The van der Waals surface area contributed by atoms with Crippen LogP contribution >= 0.6 is 0 Å². The van der Waals surface area contributed by atoms with Crippen LogP contribution in [0.5, 0.6) is 23.0 Å². The highest BCUT2D eigenvalue weighted by Crippen LogP contribution is 2.44. The molecule has 0 bridgehead atoms. The highest BCUT2D eigenvalue weighted by atomic mass is 19.1. The zero-order valence-electron chi connectivity index (χ0n) is 20.7. The van der Waals surface area contributed by atoms with Gasteiger partial charge in [-0.15, -0.1) is 0 Å². The Morgan fingerprint density at radius 3 is 2.62 bits per heavy atom. The molecule has 1 aliphatic carbocycles. The summed E-state index contributed by atoms with van der Waals surface area (Å²) in [4.78, 5) is 23.7. The fourth-order valence-corrected chi connectivity index (χ4v) is 4.87. The molecule has 0 fully saturated rings. The van der Waals surface area contributed by atoms with Crippen molar-refractivity contribution in [1.29, 1.82) is 0 Å². The van der Waals surface area contributed by atoms with E-state index in [4.69, 9.17) is 18.9 Å². The summed E-state index contributed by atoms with van der Waals surface area (Å²) in [6, 6.07) is 15.4. The van der Waals surface area contributed by atoms with Gasteiger partial charge in [0.25, 0.3) is 5.91 Å². The van der Waals surface area contributed by atoms with Crippen molar-refractivity contribution >= 4 is 11.9 Å². The van der Waals surface area contributed by atoms with Crippen LogP contribution in [0.1, 0.15) is 58.8 Å². The van der Waals surface area contributed by atoms with Crippen LogP contribution < -0.4 is 19.5 Å². The first-order valence-electron chi connectivity index (χ1n) is 12.3. The van der Waals surface area contributed by atoms with Crippen LogP contribution in [-0.4, -0.2) is 32.1 Å². The van der Waals surface area contributed by atoms with Crippen molar-refractivity contribution in [1.82, 2.24) is 5.32 Å². The lowest BCUT2D eigenvalue weighted by atomic mass is 9.98. The Hall–Kier alpha value is -4.07. The first-order valence-corrected chi connectivity index (χ1v) is 12.3. The molecule has 5 rings (SSSR count). The Morgan fingerprint density at radius 1 is 1.08 bits per heavy atom. The Morgan fingerprint density at radius 2 is 1.86 bits per heavy atom. The lowest BCUT2D eigenvalue weighted by molar-refractivity contribution is -0.141. The van der Waals surface area contributed by atoms with Crippen molar-refractivity contribution in [3.05, 3.63) is 82.7 Å². The van der Waals surface area contributed by atoms with Gasteiger partial charge < -0.3 is 24.3 Å². The molecule has 8 heteroatoms. The number of hydrogen-bond donors (Lipinski definition) is 1. The topological polar surface area (TPSA) is 83.1 Å². The predicted octanol–water partition coefficient (Wildman–Crippen LogP) is 5.47. The van der Waals surface area contributed by atoms with Crippen LogP contribution in [0.4, 0.5) is 4.39 Å². The van der Waals surface area contributed by atoms with Crippen molar-refractivity contribution in [2.24, 2.45) is 0 Å². The molecule has 0 saturated heterocycles. The van der Waals surface area contributed by atoms with E-state index in [1.54, 1.807) is 36.4 Å². The van der Waals surface area contributed by atoms with E-state index in [0.717, 1.165) is 11.1 Å². The first-order chi connectivity index (χ1) is 18.0. The zero-order chi connectivity index (χ0) is 25.9. The minimum absolute atomic E-state index is 0.0593. The molecule has 1 heterocycles. The summed E-state index contributed by atoms with van der Waals surface area (Å²) in [6.07, 6.45) is 0.991. The number of benzene rings is 3. The van der Waals surface area contributed by atoms with Gasteiger partial charge in [-0.2, -0.15) is 0 Å². The van der Waals surface area contributed by atoms with Crippen LogP contribution in [0.3, 0.4) is 0 Å². The maximum Gasteiger partial charge on any atom is 0.306 e. The van der Waals surface area contributed by atoms with Gasteiger partial charge in [0.2, 0.25) is 0 Å². The fraction of sp³-hybridized carbons (Fsp3) is 0.310. The molecular weight excluding hydrogens is 477 g/mol. The third kappa shape index (κ3) is 5.09. The van der Waals surface area contributed by atoms with E-state index in [0.29, 0.717) is 60.1 Å². The van der Waals surface area contributed by atoms with Gasteiger partial charge in [-0.1, -0.05) is 6.07 Å². The molecular formula is C29H28FNO6.